The Morgan fingerprint density at radius 2 is 1.75 bits per heavy atom. The first-order valence-corrected chi connectivity index (χ1v) is 8.53. The molecule has 1 aliphatic heterocycles. The number of nitrogens with zero attached hydrogens (tertiary/aromatic N) is 1. The average molecular weight is 324 g/mol. The van der Waals surface area contributed by atoms with Crippen LogP contribution in [0, 0.1) is 18.8 Å². The highest BCUT2D eigenvalue weighted by molar-refractivity contribution is 6.14. The molecule has 5 nitrogen and oxygen atoms in total. The number of carbonyl (C=O) groups excluding carboxylic acids is 3. The van der Waals surface area contributed by atoms with Gasteiger partial charge in [-0.25, -0.2) is 0 Å². The van der Waals surface area contributed by atoms with Crippen LogP contribution in [-0.4, -0.2) is 34.0 Å². The number of H-pyrrole nitrogens is 1. The molecule has 2 atom stereocenters. The SMILES string of the molecule is Cc1[nH]c2ccccc2c1C(=O)CN1C(=O)[C@H]2CCCC[C@H]2C1=O. The van der Waals surface area contributed by atoms with Crippen molar-refractivity contribution in [2.24, 2.45) is 11.8 Å². The molecule has 1 aromatic carbocycles. The number of likely N-dealkylation sites (tertiary alicyclic amines) is 1. The normalized spacial score (nSPS) is 23.8. The minimum Gasteiger partial charge on any atom is -0.358 e. The lowest BCUT2D eigenvalue weighted by Gasteiger charge is -2.19. The van der Waals surface area contributed by atoms with E-state index in [4.69, 9.17) is 0 Å². The third kappa shape index (κ3) is 2.19. The lowest BCUT2D eigenvalue weighted by atomic mass is 9.81. The van der Waals surface area contributed by atoms with Gasteiger partial charge in [-0.15, -0.1) is 0 Å². The summed E-state index contributed by atoms with van der Waals surface area (Å²) >= 11 is 0. The summed E-state index contributed by atoms with van der Waals surface area (Å²) in [5, 5.41) is 0.844. The number of para-hydroxylation sites is 1. The molecule has 1 aliphatic carbocycles. The summed E-state index contributed by atoms with van der Waals surface area (Å²) in [5.41, 5.74) is 2.25. The van der Waals surface area contributed by atoms with Gasteiger partial charge in [-0.2, -0.15) is 0 Å². The highest BCUT2D eigenvalue weighted by Gasteiger charge is 2.48. The number of imide groups is 1. The van der Waals surface area contributed by atoms with Crippen LogP contribution >= 0.6 is 0 Å². The van der Waals surface area contributed by atoms with E-state index in [-0.39, 0.29) is 36.0 Å². The number of Topliss-reactive ketones (excluding diaryl/α,β-unsaturated/α-hetero) is 1. The van der Waals surface area contributed by atoms with Crippen molar-refractivity contribution in [2.75, 3.05) is 6.54 Å². The van der Waals surface area contributed by atoms with Crippen molar-refractivity contribution in [1.82, 2.24) is 9.88 Å². The Morgan fingerprint density at radius 3 is 2.42 bits per heavy atom. The van der Waals surface area contributed by atoms with Crippen LogP contribution in [0.25, 0.3) is 10.9 Å². The van der Waals surface area contributed by atoms with Gasteiger partial charge in [-0.05, 0) is 25.8 Å². The van der Waals surface area contributed by atoms with Crippen LogP contribution in [0.15, 0.2) is 24.3 Å². The number of rotatable bonds is 3. The highest BCUT2D eigenvalue weighted by atomic mass is 16.2. The van der Waals surface area contributed by atoms with Crippen molar-refractivity contribution >= 4 is 28.5 Å². The Bertz CT molecular complexity index is 827. The molecule has 0 bridgehead atoms. The Kier molecular flexibility index (Phi) is 3.52. The number of ketones is 1. The Hall–Kier alpha value is -2.43. The molecule has 2 aromatic rings. The predicted molar refractivity (Wildman–Crippen MR) is 89.5 cm³/mol. The topological polar surface area (TPSA) is 70.2 Å². The number of aryl methyl sites for hydroxylation is 1. The maximum Gasteiger partial charge on any atom is 0.233 e. The minimum atomic E-state index is -0.205. The number of aromatic nitrogens is 1. The number of fused-ring (bicyclic) bond motifs is 2. The van der Waals surface area contributed by atoms with Crippen LogP contribution in [-0.2, 0) is 9.59 Å². The van der Waals surface area contributed by atoms with Crippen molar-refractivity contribution in [3.05, 3.63) is 35.5 Å². The summed E-state index contributed by atoms with van der Waals surface area (Å²) in [7, 11) is 0. The highest BCUT2D eigenvalue weighted by Crippen LogP contribution is 2.38. The van der Waals surface area contributed by atoms with Gasteiger partial charge < -0.3 is 4.98 Å². The van der Waals surface area contributed by atoms with E-state index in [1.807, 2.05) is 31.2 Å². The van der Waals surface area contributed by atoms with Gasteiger partial charge in [0.2, 0.25) is 11.8 Å². The van der Waals surface area contributed by atoms with Crippen LogP contribution in [0.3, 0.4) is 0 Å². The second-order valence-electron chi connectivity index (χ2n) is 6.85. The molecule has 2 amide bonds. The molecule has 1 saturated carbocycles. The zero-order valence-corrected chi connectivity index (χ0v) is 13.7. The summed E-state index contributed by atoms with van der Waals surface area (Å²) in [5.74, 6) is -0.900. The number of hydrogen-bond donors (Lipinski definition) is 1. The number of aromatic amines is 1. The van der Waals surface area contributed by atoms with Gasteiger partial charge in [0.25, 0.3) is 0 Å². The summed E-state index contributed by atoms with van der Waals surface area (Å²) < 4.78 is 0. The first-order valence-electron chi connectivity index (χ1n) is 8.53. The number of hydrogen-bond acceptors (Lipinski definition) is 3. The number of benzene rings is 1. The van der Waals surface area contributed by atoms with E-state index in [2.05, 4.69) is 4.98 Å². The zero-order valence-electron chi connectivity index (χ0n) is 13.7. The Labute approximate surface area is 140 Å². The van der Waals surface area contributed by atoms with Gasteiger partial charge in [-0.1, -0.05) is 31.0 Å². The van der Waals surface area contributed by atoms with E-state index < -0.39 is 0 Å². The average Bonchev–Trinajstić information content (AvgIpc) is 3.04. The standard InChI is InChI=1S/C19H20N2O3/c1-11-17(14-8-4-5-9-15(14)20-11)16(22)10-21-18(23)12-6-2-3-7-13(12)19(21)24/h4-5,8-9,12-13,20H,2-3,6-7,10H2,1H3/t12-,13+. The molecule has 0 unspecified atom stereocenters. The van der Waals surface area contributed by atoms with E-state index in [1.54, 1.807) is 0 Å². The number of carbonyl (C=O) groups is 3. The van der Waals surface area contributed by atoms with E-state index in [9.17, 15) is 14.4 Å². The van der Waals surface area contributed by atoms with Crippen LogP contribution in [0.2, 0.25) is 0 Å². The monoisotopic (exact) mass is 324 g/mol. The van der Waals surface area contributed by atoms with Crippen molar-refractivity contribution in [1.29, 1.82) is 0 Å². The fraction of sp³-hybridized carbons (Fsp3) is 0.421. The second kappa shape index (κ2) is 5.58. The minimum absolute atomic E-state index is 0.145. The van der Waals surface area contributed by atoms with Gasteiger partial charge in [0.05, 0.1) is 18.4 Å². The lowest BCUT2D eigenvalue weighted by Crippen LogP contribution is -2.36. The number of nitrogens with one attached hydrogen (secondary N) is 1. The van der Waals surface area contributed by atoms with Crippen molar-refractivity contribution in [2.45, 2.75) is 32.6 Å². The fourth-order valence-corrected chi connectivity index (χ4v) is 4.25. The first kappa shape index (κ1) is 15.1. The molecule has 1 aromatic heterocycles. The maximum atomic E-state index is 12.8. The first-order chi connectivity index (χ1) is 11.6. The molecular weight excluding hydrogens is 304 g/mol. The van der Waals surface area contributed by atoms with Gasteiger partial charge in [0.1, 0.15) is 0 Å². The van der Waals surface area contributed by atoms with Gasteiger partial charge in [0.15, 0.2) is 5.78 Å². The molecule has 1 saturated heterocycles. The molecule has 0 spiro atoms. The fourth-order valence-electron chi connectivity index (χ4n) is 4.25. The van der Waals surface area contributed by atoms with E-state index in [0.717, 1.165) is 42.3 Å². The van der Waals surface area contributed by atoms with Gasteiger partial charge in [-0.3, -0.25) is 19.3 Å². The van der Waals surface area contributed by atoms with Gasteiger partial charge in [0, 0.05) is 22.2 Å². The third-order valence-electron chi connectivity index (χ3n) is 5.41. The molecule has 124 valence electrons. The molecule has 2 aliphatic rings. The van der Waals surface area contributed by atoms with Crippen molar-refractivity contribution in [3.63, 3.8) is 0 Å². The molecule has 24 heavy (non-hydrogen) atoms. The van der Waals surface area contributed by atoms with E-state index in [1.165, 1.54) is 4.90 Å². The van der Waals surface area contributed by atoms with E-state index >= 15 is 0 Å². The number of amides is 2. The molecular formula is C19H20N2O3. The predicted octanol–water partition coefficient (Wildman–Crippen LogP) is 2.83. The van der Waals surface area contributed by atoms with Crippen LogP contribution in [0.1, 0.15) is 41.7 Å². The molecule has 1 N–H and O–H groups in total. The zero-order chi connectivity index (χ0) is 16.8. The molecule has 0 radical (unpaired) electrons. The smallest absolute Gasteiger partial charge is 0.233 e. The van der Waals surface area contributed by atoms with Crippen LogP contribution in [0.5, 0.6) is 0 Å². The van der Waals surface area contributed by atoms with Gasteiger partial charge >= 0.3 is 0 Å². The van der Waals surface area contributed by atoms with Crippen molar-refractivity contribution in [3.8, 4) is 0 Å². The van der Waals surface area contributed by atoms with Crippen molar-refractivity contribution < 1.29 is 14.4 Å². The Morgan fingerprint density at radius 1 is 1.12 bits per heavy atom. The Balaban J connectivity index is 1.63. The molecule has 2 fully saturated rings. The second-order valence-corrected chi connectivity index (χ2v) is 6.85. The summed E-state index contributed by atoms with van der Waals surface area (Å²) in [6, 6.07) is 7.59. The lowest BCUT2D eigenvalue weighted by molar-refractivity contribution is -0.139. The third-order valence-corrected chi connectivity index (χ3v) is 5.41. The summed E-state index contributed by atoms with van der Waals surface area (Å²) in [6.45, 7) is 1.70. The maximum absolute atomic E-state index is 12.8. The summed E-state index contributed by atoms with van der Waals surface area (Å²) in [4.78, 5) is 42.3. The largest absolute Gasteiger partial charge is 0.358 e. The molecule has 4 rings (SSSR count). The quantitative estimate of drug-likeness (QED) is 0.697. The summed E-state index contributed by atoms with van der Waals surface area (Å²) in [6.07, 6.45) is 3.52. The van der Waals surface area contributed by atoms with Crippen LogP contribution in [0.4, 0.5) is 0 Å². The molecule has 5 heteroatoms. The van der Waals surface area contributed by atoms with E-state index in [0.29, 0.717) is 5.56 Å². The molecule has 2 heterocycles. The van der Waals surface area contributed by atoms with Crippen LogP contribution < -0.4 is 0 Å².